The van der Waals surface area contributed by atoms with Gasteiger partial charge in [0.15, 0.2) is 0 Å². The van der Waals surface area contributed by atoms with Crippen LogP contribution in [0.1, 0.15) is 44.8 Å². The van der Waals surface area contributed by atoms with Gasteiger partial charge in [0.05, 0.1) is 6.10 Å². The van der Waals surface area contributed by atoms with Crippen molar-refractivity contribution in [3.63, 3.8) is 0 Å². The van der Waals surface area contributed by atoms with Crippen molar-refractivity contribution in [2.24, 2.45) is 5.41 Å². The Labute approximate surface area is 142 Å². The summed E-state index contributed by atoms with van der Waals surface area (Å²) in [5.41, 5.74) is -0.134. The lowest BCUT2D eigenvalue weighted by Crippen LogP contribution is -2.48. The van der Waals surface area contributed by atoms with E-state index >= 15 is 0 Å². The highest BCUT2D eigenvalue weighted by Crippen LogP contribution is 2.31. The number of hydrogen-bond acceptors (Lipinski definition) is 4. The molecule has 2 atom stereocenters. The zero-order chi connectivity index (χ0) is 17.0. The molecule has 1 aromatic heterocycles. The van der Waals surface area contributed by atoms with E-state index in [-0.39, 0.29) is 23.6 Å². The van der Waals surface area contributed by atoms with Crippen LogP contribution in [0.5, 0.6) is 0 Å². The van der Waals surface area contributed by atoms with Gasteiger partial charge in [-0.2, -0.15) is 11.8 Å². The normalized spacial score (nSPS) is 20.4. The first-order valence-corrected chi connectivity index (χ1v) is 9.30. The van der Waals surface area contributed by atoms with Crippen LogP contribution < -0.4 is 5.32 Å². The van der Waals surface area contributed by atoms with Gasteiger partial charge in [-0.05, 0) is 37.8 Å². The largest absolute Gasteiger partial charge is 0.464 e. The van der Waals surface area contributed by atoms with Crippen molar-refractivity contribution >= 4 is 17.8 Å². The number of nitrogens with zero attached hydrogens (tertiary/aromatic N) is 1. The Bertz CT molecular complexity index is 528. The standard InChI is InChI=1S/C17H28N2O3S/c1-12(20)9-17(3,4)11-18-16(21)19-7-8-23-10-14(19)15-6-5-13(2)22-15/h5-6,12,14,20H,7-11H2,1-4H3,(H,18,21). The van der Waals surface area contributed by atoms with Crippen molar-refractivity contribution < 1.29 is 14.3 Å². The van der Waals surface area contributed by atoms with E-state index in [0.29, 0.717) is 13.0 Å². The van der Waals surface area contributed by atoms with Gasteiger partial charge in [0.25, 0.3) is 0 Å². The van der Waals surface area contributed by atoms with Crippen LogP contribution in [0.15, 0.2) is 16.5 Å². The van der Waals surface area contributed by atoms with Gasteiger partial charge in [-0.1, -0.05) is 13.8 Å². The second-order valence-electron chi connectivity index (χ2n) is 7.11. The molecule has 1 aliphatic rings. The predicted octanol–water partition coefficient (Wildman–Crippen LogP) is 3.18. The maximum atomic E-state index is 12.6. The summed E-state index contributed by atoms with van der Waals surface area (Å²) in [5.74, 6) is 3.53. The number of hydrogen-bond donors (Lipinski definition) is 2. The highest BCUT2D eigenvalue weighted by molar-refractivity contribution is 7.99. The van der Waals surface area contributed by atoms with Crippen LogP contribution in [0.25, 0.3) is 0 Å². The average molecular weight is 340 g/mol. The van der Waals surface area contributed by atoms with E-state index in [1.165, 1.54) is 0 Å². The zero-order valence-electron chi connectivity index (χ0n) is 14.5. The molecule has 0 spiro atoms. The Morgan fingerprint density at radius 3 is 2.91 bits per heavy atom. The Hall–Kier alpha value is -1.14. The molecule has 1 fully saturated rings. The number of aryl methyl sites for hydroxylation is 1. The molecule has 1 saturated heterocycles. The summed E-state index contributed by atoms with van der Waals surface area (Å²) < 4.78 is 5.73. The number of carbonyl (C=O) groups excluding carboxylic acids is 1. The van der Waals surface area contributed by atoms with E-state index in [4.69, 9.17) is 4.42 Å². The van der Waals surface area contributed by atoms with E-state index in [1.54, 1.807) is 6.92 Å². The van der Waals surface area contributed by atoms with E-state index in [1.807, 2.05) is 35.7 Å². The highest BCUT2D eigenvalue weighted by atomic mass is 32.2. The summed E-state index contributed by atoms with van der Waals surface area (Å²) in [7, 11) is 0. The van der Waals surface area contributed by atoms with E-state index in [0.717, 1.165) is 29.6 Å². The lowest BCUT2D eigenvalue weighted by atomic mass is 9.87. The van der Waals surface area contributed by atoms with Gasteiger partial charge >= 0.3 is 6.03 Å². The van der Waals surface area contributed by atoms with Crippen LogP contribution in [-0.4, -0.2) is 46.7 Å². The van der Waals surface area contributed by atoms with Gasteiger partial charge in [-0.3, -0.25) is 0 Å². The second kappa shape index (κ2) is 7.62. The van der Waals surface area contributed by atoms with Gasteiger partial charge in [-0.25, -0.2) is 4.79 Å². The Kier molecular flexibility index (Phi) is 6.03. The number of nitrogens with one attached hydrogen (secondary N) is 1. The van der Waals surface area contributed by atoms with Crippen LogP contribution in [-0.2, 0) is 0 Å². The van der Waals surface area contributed by atoms with Crippen molar-refractivity contribution in [2.75, 3.05) is 24.6 Å². The molecule has 0 aromatic carbocycles. The van der Waals surface area contributed by atoms with Crippen LogP contribution in [0.4, 0.5) is 4.79 Å². The molecule has 2 unspecified atom stereocenters. The molecule has 2 amide bonds. The third-order valence-electron chi connectivity index (χ3n) is 4.05. The fourth-order valence-electron chi connectivity index (χ4n) is 3.00. The number of furan rings is 1. The fourth-order valence-corrected chi connectivity index (χ4v) is 4.06. The van der Waals surface area contributed by atoms with E-state index in [9.17, 15) is 9.90 Å². The van der Waals surface area contributed by atoms with Gasteiger partial charge in [-0.15, -0.1) is 0 Å². The lowest BCUT2D eigenvalue weighted by molar-refractivity contribution is 0.124. The monoisotopic (exact) mass is 340 g/mol. The summed E-state index contributed by atoms with van der Waals surface area (Å²) in [6.45, 7) is 9.07. The minimum atomic E-state index is -0.368. The Balaban J connectivity index is 1.98. The van der Waals surface area contributed by atoms with Crippen LogP contribution in [0.2, 0.25) is 0 Å². The smallest absolute Gasteiger partial charge is 0.318 e. The molecule has 0 aliphatic carbocycles. The number of rotatable bonds is 5. The number of urea groups is 1. The number of carbonyl (C=O) groups is 1. The van der Waals surface area contributed by atoms with Crippen LogP contribution >= 0.6 is 11.8 Å². The summed E-state index contributed by atoms with van der Waals surface area (Å²) >= 11 is 1.85. The van der Waals surface area contributed by atoms with E-state index < -0.39 is 0 Å². The average Bonchev–Trinajstić information content (AvgIpc) is 2.90. The minimum Gasteiger partial charge on any atom is -0.464 e. The van der Waals surface area contributed by atoms with Crippen molar-refractivity contribution in [1.29, 1.82) is 0 Å². The molecule has 5 nitrogen and oxygen atoms in total. The maximum absolute atomic E-state index is 12.6. The summed E-state index contributed by atoms with van der Waals surface area (Å²) in [6.07, 6.45) is 0.288. The quantitative estimate of drug-likeness (QED) is 0.864. The number of aliphatic hydroxyl groups excluding tert-OH is 1. The van der Waals surface area contributed by atoms with Crippen molar-refractivity contribution in [2.45, 2.75) is 46.3 Å². The van der Waals surface area contributed by atoms with Gasteiger partial charge in [0.1, 0.15) is 17.6 Å². The lowest BCUT2D eigenvalue weighted by Gasteiger charge is -2.35. The Morgan fingerprint density at radius 2 is 2.30 bits per heavy atom. The van der Waals surface area contributed by atoms with Gasteiger partial charge < -0.3 is 19.7 Å². The van der Waals surface area contributed by atoms with Crippen LogP contribution in [0.3, 0.4) is 0 Å². The zero-order valence-corrected chi connectivity index (χ0v) is 15.3. The minimum absolute atomic E-state index is 0.0117. The third kappa shape index (κ3) is 5.18. The summed E-state index contributed by atoms with van der Waals surface area (Å²) in [6, 6.07) is 3.84. The molecule has 1 aliphatic heterocycles. The molecule has 130 valence electrons. The first kappa shape index (κ1) is 18.2. The van der Waals surface area contributed by atoms with Crippen molar-refractivity contribution in [3.8, 4) is 0 Å². The third-order valence-corrected chi connectivity index (χ3v) is 5.07. The number of amides is 2. The molecule has 0 radical (unpaired) electrons. The first-order valence-electron chi connectivity index (χ1n) is 8.15. The van der Waals surface area contributed by atoms with Gasteiger partial charge in [0, 0.05) is 24.6 Å². The van der Waals surface area contributed by atoms with Crippen molar-refractivity contribution in [3.05, 3.63) is 23.7 Å². The topological polar surface area (TPSA) is 65.7 Å². The molecule has 2 rings (SSSR count). The first-order chi connectivity index (χ1) is 10.8. The molecule has 23 heavy (non-hydrogen) atoms. The fraction of sp³-hybridized carbons (Fsp3) is 0.706. The molecule has 1 aromatic rings. The molecular formula is C17H28N2O3S. The summed E-state index contributed by atoms with van der Waals surface area (Å²) in [4.78, 5) is 14.5. The van der Waals surface area contributed by atoms with Crippen molar-refractivity contribution in [1.82, 2.24) is 10.2 Å². The maximum Gasteiger partial charge on any atom is 0.318 e. The Morgan fingerprint density at radius 1 is 1.57 bits per heavy atom. The summed E-state index contributed by atoms with van der Waals surface area (Å²) in [5, 5.41) is 12.6. The van der Waals surface area contributed by atoms with Gasteiger partial charge in [0.2, 0.25) is 0 Å². The highest BCUT2D eigenvalue weighted by Gasteiger charge is 2.31. The molecule has 2 heterocycles. The molecular weight excluding hydrogens is 312 g/mol. The van der Waals surface area contributed by atoms with E-state index in [2.05, 4.69) is 19.2 Å². The molecule has 0 bridgehead atoms. The predicted molar refractivity (Wildman–Crippen MR) is 93.7 cm³/mol. The molecule has 6 heteroatoms. The number of aliphatic hydroxyl groups is 1. The molecule has 2 N–H and O–H groups in total. The second-order valence-corrected chi connectivity index (χ2v) is 8.26. The SMILES string of the molecule is Cc1ccc(C2CSCCN2C(=O)NCC(C)(C)CC(C)O)o1. The molecule has 0 saturated carbocycles. The number of thioether (sulfide) groups is 1. The van der Waals surface area contributed by atoms with Crippen LogP contribution in [0, 0.1) is 12.3 Å².